The van der Waals surface area contributed by atoms with Gasteiger partial charge in [-0.2, -0.15) is 5.10 Å². The number of nitro groups is 1. The summed E-state index contributed by atoms with van der Waals surface area (Å²) < 4.78 is 36.1. The summed E-state index contributed by atoms with van der Waals surface area (Å²) in [5, 5.41) is 18.4. The number of non-ortho nitro benzene ring substituents is 1. The molecule has 0 fully saturated rings. The van der Waals surface area contributed by atoms with Crippen LogP contribution in [0.3, 0.4) is 0 Å². The quantitative estimate of drug-likeness (QED) is 0.410. The first-order chi connectivity index (χ1) is 15.2. The van der Waals surface area contributed by atoms with Crippen LogP contribution in [0, 0.1) is 17.0 Å². The Morgan fingerprint density at radius 3 is 2.45 bits per heavy atom. The van der Waals surface area contributed by atoms with E-state index in [1.807, 2.05) is 20.8 Å². The van der Waals surface area contributed by atoms with E-state index in [0.717, 1.165) is 18.6 Å². The Bertz CT molecular complexity index is 1150. The molecule has 1 aromatic heterocycles. The van der Waals surface area contributed by atoms with Crippen LogP contribution >= 0.6 is 0 Å². The van der Waals surface area contributed by atoms with Crippen LogP contribution in [-0.2, 0) is 10.0 Å². The zero-order valence-corrected chi connectivity index (χ0v) is 20.7. The highest BCUT2D eigenvalue weighted by molar-refractivity contribution is 7.89. The Balaban J connectivity index is 2.64. The topological polar surface area (TPSA) is 145 Å². The van der Waals surface area contributed by atoms with Gasteiger partial charge in [0.05, 0.1) is 11.0 Å². The zero-order chi connectivity index (χ0) is 25.1. The van der Waals surface area contributed by atoms with Crippen LogP contribution in [0.1, 0.15) is 70.1 Å². The highest BCUT2D eigenvalue weighted by Gasteiger charge is 2.30. The molecule has 0 aliphatic carbocycles. The molecule has 2 aromatic rings. The molecule has 0 bridgehead atoms. The molecule has 0 unspecified atom stereocenters. The van der Waals surface area contributed by atoms with Gasteiger partial charge in [-0.15, -0.1) is 0 Å². The molecule has 0 aliphatic heterocycles. The highest BCUT2D eigenvalue weighted by Crippen LogP contribution is 2.36. The van der Waals surface area contributed by atoms with Crippen molar-refractivity contribution in [2.24, 2.45) is 0 Å². The molecule has 0 spiro atoms. The Hall–Kier alpha value is -2.99. The molecule has 0 saturated heterocycles. The van der Waals surface area contributed by atoms with E-state index in [4.69, 9.17) is 4.74 Å². The van der Waals surface area contributed by atoms with Gasteiger partial charge < -0.3 is 10.1 Å². The molecule has 1 heterocycles. The maximum absolute atomic E-state index is 13.1. The molecule has 0 radical (unpaired) electrons. The standard InChI is InChI=1S/C21H31N5O6S/c1-8-11-22-19(27)18-14(4)20(25(23-18)13(2)3)32-16-10-9-15(26(28)29)12-17(16)33(30,31)24-21(5,6)7/h9-10,12-13,24H,8,11H2,1-7H3,(H,22,27). The van der Waals surface area contributed by atoms with Crippen molar-refractivity contribution in [1.82, 2.24) is 19.8 Å². The van der Waals surface area contributed by atoms with Crippen molar-refractivity contribution in [3.05, 3.63) is 39.6 Å². The van der Waals surface area contributed by atoms with Crippen molar-refractivity contribution in [1.29, 1.82) is 0 Å². The zero-order valence-electron chi connectivity index (χ0n) is 19.9. The number of aromatic nitrogens is 2. The normalized spacial score (nSPS) is 12.1. The third-order valence-electron chi connectivity index (χ3n) is 4.41. The third kappa shape index (κ3) is 6.29. The molecule has 11 nitrogen and oxygen atoms in total. The SMILES string of the molecule is CCCNC(=O)c1nn(C(C)C)c(Oc2ccc([N+](=O)[O-])cc2S(=O)(=O)NC(C)(C)C)c1C. The van der Waals surface area contributed by atoms with Crippen LogP contribution in [0.5, 0.6) is 11.6 Å². The Labute approximate surface area is 193 Å². The molecular weight excluding hydrogens is 450 g/mol. The first kappa shape index (κ1) is 26.3. The maximum atomic E-state index is 13.1. The molecule has 182 valence electrons. The number of amides is 1. The lowest BCUT2D eigenvalue weighted by molar-refractivity contribution is -0.385. The van der Waals surface area contributed by atoms with Crippen molar-refractivity contribution in [2.75, 3.05) is 6.54 Å². The molecule has 2 N–H and O–H groups in total. The number of carbonyl (C=O) groups excluding carboxylic acids is 1. The maximum Gasteiger partial charge on any atom is 0.272 e. The second kappa shape index (κ2) is 9.87. The summed E-state index contributed by atoms with van der Waals surface area (Å²) in [4.78, 5) is 22.8. The molecule has 0 aliphatic rings. The summed E-state index contributed by atoms with van der Waals surface area (Å²) in [6.45, 7) is 12.7. The number of rotatable bonds is 9. The first-order valence-electron chi connectivity index (χ1n) is 10.6. The van der Waals surface area contributed by atoms with Crippen molar-refractivity contribution >= 4 is 21.6 Å². The van der Waals surface area contributed by atoms with Crippen molar-refractivity contribution in [2.45, 2.75) is 71.4 Å². The number of hydrogen-bond donors (Lipinski definition) is 2. The Morgan fingerprint density at radius 2 is 1.94 bits per heavy atom. The fraction of sp³-hybridized carbons (Fsp3) is 0.524. The summed E-state index contributed by atoms with van der Waals surface area (Å²) in [6, 6.07) is 3.12. The van der Waals surface area contributed by atoms with Gasteiger partial charge in [0.15, 0.2) is 5.69 Å². The average molecular weight is 482 g/mol. The molecular formula is C21H31N5O6S. The predicted octanol–water partition coefficient (Wildman–Crippen LogP) is 3.69. The van der Waals surface area contributed by atoms with Crippen molar-refractivity contribution in [3.8, 4) is 11.6 Å². The van der Waals surface area contributed by atoms with E-state index < -0.39 is 26.2 Å². The summed E-state index contributed by atoms with van der Waals surface area (Å²) in [6.07, 6.45) is 0.754. The van der Waals surface area contributed by atoms with E-state index in [-0.39, 0.29) is 34.2 Å². The van der Waals surface area contributed by atoms with E-state index in [9.17, 15) is 23.3 Å². The van der Waals surface area contributed by atoms with Crippen LogP contribution in [0.4, 0.5) is 5.69 Å². The number of nitrogens with zero attached hydrogens (tertiary/aromatic N) is 3. The van der Waals surface area contributed by atoms with Gasteiger partial charge in [-0.25, -0.2) is 17.8 Å². The largest absolute Gasteiger partial charge is 0.438 e. The minimum Gasteiger partial charge on any atom is -0.438 e. The van der Waals surface area contributed by atoms with E-state index >= 15 is 0 Å². The van der Waals surface area contributed by atoms with E-state index in [0.29, 0.717) is 12.1 Å². The Morgan fingerprint density at radius 1 is 1.30 bits per heavy atom. The summed E-state index contributed by atoms with van der Waals surface area (Å²) >= 11 is 0. The van der Waals surface area contributed by atoms with E-state index in [2.05, 4.69) is 15.1 Å². The van der Waals surface area contributed by atoms with Crippen molar-refractivity contribution < 1.29 is 22.9 Å². The molecule has 12 heteroatoms. The van der Waals surface area contributed by atoms with Gasteiger partial charge in [-0.1, -0.05) is 6.92 Å². The number of nitrogens with one attached hydrogen (secondary N) is 2. The summed E-state index contributed by atoms with van der Waals surface area (Å²) in [7, 11) is -4.18. The van der Waals surface area contributed by atoms with Gasteiger partial charge >= 0.3 is 0 Å². The van der Waals surface area contributed by atoms with E-state index in [1.165, 1.54) is 10.7 Å². The second-order valence-corrected chi connectivity index (χ2v) is 10.6. The number of hydrogen-bond acceptors (Lipinski definition) is 7. The fourth-order valence-corrected chi connectivity index (χ4v) is 4.55. The van der Waals surface area contributed by atoms with Crippen LogP contribution in [0.2, 0.25) is 0 Å². The Kier molecular flexibility index (Phi) is 7.86. The fourth-order valence-electron chi connectivity index (χ4n) is 2.98. The summed E-state index contributed by atoms with van der Waals surface area (Å²) in [5.74, 6) is -0.319. The first-order valence-corrected chi connectivity index (χ1v) is 12.0. The lowest BCUT2D eigenvalue weighted by Gasteiger charge is -2.21. The van der Waals surface area contributed by atoms with Gasteiger partial charge in [0.25, 0.3) is 11.6 Å². The van der Waals surface area contributed by atoms with Gasteiger partial charge in [0, 0.05) is 29.8 Å². The van der Waals surface area contributed by atoms with Crippen LogP contribution in [0.15, 0.2) is 23.1 Å². The molecule has 33 heavy (non-hydrogen) atoms. The lowest BCUT2D eigenvalue weighted by Crippen LogP contribution is -2.40. The minimum atomic E-state index is -4.18. The smallest absolute Gasteiger partial charge is 0.272 e. The summed E-state index contributed by atoms with van der Waals surface area (Å²) in [5.41, 5.74) is -0.652. The number of carbonyl (C=O) groups is 1. The second-order valence-electron chi connectivity index (χ2n) is 8.92. The van der Waals surface area contributed by atoms with Gasteiger partial charge in [0.1, 0.15) is 10.6 Å². The molecule has 1 aromatic carbocycles. The average Bonchev–Trinajstić information content (AvgIpc) is 3.01. The lowest BCUT2D eigenvalue weighted by atomic mass is 10.1. The molecule has 0 saturated carbocycles. The monoisotopic (exact) mass is 481 g/mol. The number of ether oxygens (including phenoxy) is 1. The van der Waals surface area contributed by atoms with Gasteiger partial charge in [0.2, 0.25) is 15.9 Å². The van der Waals surface area contributed by atoms with Crippen molar-refractivity contribution in [3.63, 3.8) is 0 Å². The number of benzene rings is 1. The predicted molar refractivity (Wildman–Crippen MR) is 123 cm³/mol. The van der Waals surface area contributed by atoms with Crippen LogP contribution < -0.4 is 14.8 Å². The number of sulfonamides is 1. The van der Waals surface area contributed by atoms with Crippen LogP contribution in [0.25, 0.3) is 0 Å². The van der Waals surface area contributed by atoms with Crippen LogP contribution in [-0.4, -0.2) is 41.1 Å². The molecule has 1 amide bonds. The van der Waals surface area contributed by atoms with Gasteiger partial charge in [-0.3, -0.25) is 14.9 Å². The molecule has 2 rings (SSSR count). The number of nitro benzene ring substituents is 1. The minimum absolute atomic E-state index is 0.122. The third-order valence-corrected chi connectivity index (χ3v) is 6.19. The molecule has 0 atom stereocenters. The van der Waals surface area contributed by atoms with E-state index in [1.54, 1.807) is 27.7 Å². The van der Waals surface area contributed by atoms with Gasteiger partial charge in [-0.05, 0) is 54.0 Å². The highest BCUT2D eigenvalue weighted by atomic mass is 32.2.